The fraction of sp³-hybridized carbons (Fsp3) is 0.462. The molecule has 0 radical (unpaired) electrons. The SMILES string of the molecule is CC1OCCN(C(=O)c2ccc(Cl)cc2Cl)C1C. The Morgan fingerprint density at radius 1 is 1.39 bits per heavy atom. The Labute approximate surface area is 117 Å². The van der Waals surface area contributed by atoms with Crippen molar-refractivity contribution in [2.45, 2.75) is 26.0 Å². The van der Waals surface area contributed by atoms with Crippen molar-refractivity contribution in [3.8, 4) is 0 Å². The van der Waals surface area contributed by atoms with Crippen molar-refractivity contribution in [2.24, 2.45) is 0 Å². The van der Waals surface area contributed by atoms with Crippen molar-refractivity contribution in [1.29, 1.82) is 0 Å². The van der Waals surface area contributed by atoms with Crippen molar-refractivity contribution in [1.82, 2.24) is 4.90 Å². The molecule has 1 aliphatic heterocycles. The van der Waals surface area contributed by atoms with E-state index < -0.39 is 0 Å². The molecule has 5 heteroatoms. The number of rotatable bonds is 1. The standard InChI is InChI=1S/C13H15Cl2NO2/c1-8-9(2)18-6-5-16(8)13(17)11-4-3-10(14)7-12(11)15/h3-4,7-9H,5-6H2,1-2H3. The van der Waals surface area contributed by atoms with Crippen LogP contribution in [0.5, 0.6) is 0 Å². The van der Waals surface area contributed by atoms with E-state index in [0.29, 0.717) is 28.8 Å². The summed E-state index contributed by atoms with van der Waals surface area (Å²) in [7, 11) is 0. The Bertz CT molecular complexity index is 464. The van der Waals surface area contributed by atoms with Gasteiger partial charge in [-0.25, -0.2) is 0 Å². The summed E-state index contributed by atoms with van der Waals surface area (Å²) in [4.78, 5) is 14.2. The van der Waals surface area contributed by atoms with Gasteiger partial charge in [0.25, 0.3) is 5.91 Å². The van der Waals surface area contributed by atoms with E-state index >= 15 is 0 Å². The zero-order valence-electron chi connectivity index (χ0n) is 10.3. The molecule has 2 unspecified atom stereocenters. The molecule has 2 atom stereocenters. The second-order valence-electron chi connectivity index (χ2n) is 4.44. The maximum Gasteiger partial charge on any atom is 0.255 e. The first-order valence-electron chi connectivity index (χ1n) is 5.88. The number of benzene rings is 1. The van der Waals surface area contributed by atoms with E-state index in [1.165, 1.54) is 0 Å². The smallest absolute Gasteiger partial charge is 0.255 e. The summed E-state index contributed by atoms with van der Waals surface area (Å²) in [5.41, 5.74) is 0.488. The Morgan fingerprint density at radius 2 is 2.11 bits per heavy atom. The number of amides is 1. The Balaban J connectivity index is 2.25. The molecule has 1 heterocycles. The summed E-state index contributed by atoms with van der Waals surface area (Å²) in [6.45, 7) is 5.09. The molecule has 3 nitrogen and oxygen atoms in total. The van der Waals surface area contributed by atoms with Crippen LogP contribution in [0.3, 0.4) is 0 Å². The van der Waals surface area contributed by atoms with Crippen LogP contribution in [-0.2, 0) is 4.74 Å². The van der Waals surface area contributed by atoms with Gasteiger partial charge in [0.05, 0.1) is 29.3 Å². The second kappa shape index (κ2) is 5.47. The largest absolute Gasteiger partial charge is 0.375 e. The molecule has 1 saturated heterocycles. The highest BCUT2D eigenvalue weighted by Crippen LogP contribution is 2.24. The summed E-state index contributed by atoms with van der Waals surface area (Å²) in [5.74, 6) is -0.0701. The molecule has 1 aromatic carbocycles. The molecule has 0 N–H and O–H groups in total. The monoisotopic (exact) mass is 287 g/mol. The van der Waals surface area contributed by atoms with Crippen LogP contribution in [0.2, 0.25) is 10.0 Å². The summed E-state index contributed by atoms with van der Waals surface area (Å²) in [6, 6.07) is 4.97. The van der Waals surface area contributed by atoms with Gasteiger partial charge in [-0.15, -0.1) is 0 Å². The molecular weight excluding hydrogens is 273 g/mol. The number of carbonyl (C=O) groups excluding carboxylic acids is 1. The minimum Gasteiger partial charge on any atom is -0.375 e. The quantitative estimate of drug-likeness (QED) is 0.794. The minimum absolute atomic E-state index is 0.0359. The predicted octanol–water partition coefficient (Wildman–Crippen LogP) is 3.24. The normalized spacial score (nSPS) is 24.1. The molecule has 1 amide bonds. The van der Waals surface area contributed by atoms with Gasteiger partial charge in [-0.2, -0.15) is 0 Å². The van der Waals surface area contributed by atoms with E-state index in [1.54, 1.807) is 23.1 Å². The number of hydrogen-bond acceptors (Lipinski definition) is 2. The van der Waals surface area contributed by atoms with E-state index in [-0.39, 0.29) is 18.1 Å². The highest BCUT2D eigenvalue weighted by molar-refractivity contribution is 6.36. The van der Waals surface area contributed by atoms with Crippen LogP contribution in [0.25, 0.3) is 0 Å². The van der Waals surface area contributed by atoms with Gasteiger partial charge < -0.3 is 9.64 Å². The Kier molecular flexibility index (Phi) is 4.15. The van der Waals surface area contributed by atoms with E-state index in [2.05, 4.69) is 0 Å². The van der Waals surface area contributed by atoms with Crippen LogP contribution >= 0.6 is 23.2 Å². The molecular formula is C13H15Cl2NO2. The number of ether oxygens (including phenoxy) is 1. The number of morpholine rings is 1. The molecule has 1 aliphatic rings. The fourth-order valence-electron chi connectivity index (χ4n) is 2.04. The lowest BCUT2D eigenvalue weighted by molar-refractivity contribution is -0.0440. The van der Waals surface area contributed by atoms with Crippen molar-refractivity contribution < 1.29 is 9.53 Å². The maximum atomic E-state index is 12.4. The van der Waals surface area contributed by atoms with Gasteiger partial charge in [0.15, 0.2) is 0 Å². The number of carbonyl (C=O) groups is 1. The first kappa shape index (κ1) is 13.7. The zero-order valence-corrected chi connectivity index (χ0v) is 11.8. The summed E-state index contributed by atoms with van der Waals surface area (Å²) in [5, 5.41) is 0.916. The van der Waals surface area contributed by atoms with Crippen LogP contribution in [0, 0.1) is 0 Å². The molecule has 18 heavy (non-hydrogen) atoms. The van der Waals surface area contributed by atoms with E-state index in [1.807, 2.05) is 13.8 Å². The fourth-order valence-corrected chi connectivity index (χ4v) is 2.53. The highest BCUT2D eigenvalue weighted by atomic mass is 35.5. The molecule has 0 bridgehead atoms. The van der Waals surface area contributed by atoms with Gasteiger partial charge >= 0.3 is 0 Å². The minimum atomic E-state index is -0.0701. The lowest BCUT2D eigenvalue weighted by atomic mass is 10.1. The van der Waals surface area contributed by atoms with Crippen molar-refractivity contribution >= 4 is 29.1 Å². The lowest BCUT2D eigenvalue weighted by Crippen LogP contribution is -2.51. The molecule has 0 aromatic heterocycles. The Hall–Kier alpha value is -0.770. The van der Waals surface area contributed by atoms with Crippen LogP contribution in [0.15, 0.2) is 18.2 Å². The van der Waals surface area contributed by atoms with Crippen LogP contribution in [0.4, 0.5) is 0 Å². The number of hydrogen-bond donors (Lipinski definition) is 0. The van der Waals surface area contributed by atoms with Gasteiger partial charge in [0.2, 0.25) is 0 Å². The van der Waals surface area contributed by atoms with Gasteiger partial charge in [0.1, 0.15) is 0 Å². The lowest BCUT2D eigenvalue weighted by Gasteiger charge is -2.38. The van der Waals surface area contributed by atoms with E-state index in [4.69, 9.17) is 27.9 Å². The average molecular weight is 288 g/mol. The second-order valence-corrected chi connectivity index (χ2v) is 5.28. The van der Waals surface area contributed by atoms with Crippen molar-refractivity contribution in [3.63, 3.8) is 0 Å². The summed E-state index contributed by atoms with van der Waals surface area (Å²) < 4.78 is 5.51. The third-order valence-corrected chi connectivity index (χ3v) is 3.85. The maximum absolute atomic E-state index is 12.4. The van der Waals surface area contributed by atoms with Gasteiger partial charge in [0, 0.05) is 11.6 Å². The van der Waals surface area contributed by atoms with Crippen molar-refractivity contribution in [3.05, 3.63) is 33.8 Å². The summed E-state index contributed by atoms with van der Waals surface area (Å²) in [6.07, 6.45) is 0.0359. The predicted molar refractivity (Wildman–Crippen MR) is 72.4 cm³/mol. The Morgan fingerprint density at radius 3 is 2.78 bits per heavy atom. The van der Waals surface area contributed by atoms with Crippen molar-refractivity contribution in [2.75, 3.05) is 13.2 Å². The van der Waals surface area contributed by atoms with Crippen LogP contribution in [0.1, 0.15) is 24.2 Å². The molecule has 1 aromatic rings. The van der Waals surface area contributed by atoms with Gasteiger partial charge in [-0.05, 0) is 32.0 Å². The summed E-state index contributed by atoms with van der Waals surface area (Å²) >= 11 is 11.9. The first-order valence-corrected chi connectivity index (χ1v) is 6.64. The molecule has 2 rings (SSSR count). The van der Waals surface area contributed by atoms with Crippen LogP contribution in [-0.4, -0.2) is 36.1 Å². The molecule has 0 aliphatic carbocycles. The van der Waals surface area contributed by atoms with E-state index in [0.717, 1.165) is 0 Å². The number of nitrogens with zero attached hydrogens (tertiary/aromatic N) is 1. The van der Waals surface area contributed by atoms with E-state index in [9.17, 15) is 4.79 Å². The zero-order chi connectivity index (χ0) is 13.3. The van der Waals surface area contributed by atoms with Crippen LogP contribution < -0.4 is 0 Å². The van der Waals surface area contributed by atoms with Gasteiger partial charge in [-0.3, -0.25) is 4.79 Å². The third kappa shape index (κ3) is 2.63. The van der Waals surface area contributed by atoms with Gasteiger partial charge in [-0.1, -0.05) is 23.2 Å². The number of halogens is 2. The average Bonchev–Trinajstić information content (AvgIpc) is 2.32. The third-order valence-electron chi connectivity index (χ3n) is 3.31. The molecule has 0 saturated carbocycles. The molecule has 0 spiro atoms. The molecule has 98 valence electrons. The first-order chi connectivity index (χ1) is 8.50. The highest BCUT2D eigenvalue weighted by Gasteiger charge is 2.30. The topological polar surface area (TPSA) is 29.5 Å². The molecule has 1 fully saturated rings.